The maximum Gasteiger partial charge on any atom is 0.255 e. The van der Waals surface area contributed by atoms with E-state index in [0.717, 1.165) is 47.4 Å². The Morgan fingerprint density at radius 2 is 1.94 bits per heavy atom. The van der Waals surface area contributed by atoms with Crippen molar-refractivity contribution in [2.24, 2.45) is 0 Å². The fourth-order valence-corrected chi connectivity index (χ4v) is 3.85. The van der Waals surface area contributed by atoms with Gasteiger partial charge in [0.25, 0.3) is 5.91 Å². The molecule has 0 fully saturated rings. The van der Waals surface area contributed by atoms with E-state index in [0.29, 0.717) is 22.8 Å². The van der Waals surface area contributed by atoms with E-state index < -0.39 is 0 Å². The zero-order valence-corrected chi connectivity index (χ0v) is 18.5. The van der Waals surface area contributed by atoms with Gasteiger partial charge in [-0.3, -0.25) is 4.79 Å². The van der Waals surface area contributed by atoms with Crippen LogP contribution in [0.5, 0.6) is 0 Å². The molecule has 0 saturated carbocycles. The van der Waals surface area contributed by atoms with Crippen LogP contribution in [0.2, 0.25) is 5.02 Å². The van der Waals surface area contributed by atoms with Gasteiger partial charge in [0.2, 0.25) is 0 Å². The number of amides is 1. The highest BCUT2D eigenvalue weighted by Crippen LogP contribution is 2.26. The van der Waals surface area contributed by atoms with Crippen molar-refractivity contribution in [2.75, 3.05) is 5.32 Å². The van der Waals surface area contributed by atoms with Crippen LogP contribution in [0.3, 0.4) is 0 Å². The third-order valence-corrected chi connectivity index (χ3v) is 5.60. The smallest absolute Gasteiger partial charge is 0.255 e. The molecule has 158 valence electrons. The van der Waals surface area contributed by atoms with Gasteiger partial charge in [-0.2, -0.15) is 0 Å². The molecule has 31 heavy (non-hydrogen) atoms. The average Bonchev–Trinajstić information content (AvgIpc) is 3.13. The normalized spacial score (nSPS) is 11.1. The van der Waals surface area contributed by atoms with Gasteiger partial charge in [0.15, 0.2) is 5.65 Å². The Kier molecular flexibility index (Phi) is 6.33. The second-order valence-electron chi connectivity index (χ2n) is 7.64. The van der Waals surface area contributed by atoms with Crippen molar-refractivity contribution in [1.82, 2.24) is 14.5 Å². The molecule has 5 nitrogen and oxygen atoms in total. The Balaban J connectivity index is 1.71. The van der Waals surface area contributed by atoms with Gasteiger partial charge in [0, 0.05) is 22.6 Å². The molecule has 0 unspecified atom stereocenters. The highest BCUT2D eigenvalue weighted by Gasteiger charge is 2.17. The van der Waals surface area contributed by atoms with Crippen LogP contribution in [0, 0.1) is 6.92 Å². The van der Waals surface area contributed by atoms with Crippen molar-refractivity contribution >= 4 is 34.4 Å². The Morgan fingerprint density at radius 3 is 2.68 bits per heavy atom. The number of carbonyl (C=O) groups excluding carboxylic acids is 1. The van der Waals surface area contributed by atoms with Crippen molar-refractivity contribution in [3.63, 3.8) is 0 Å². The zero-order chi connectivity index (χ0) is 21.8. The van der Waals surface area contributed by atoms with Gasteiger partial charge in [-0.25, -0.2) is 9.97 Å². The highest BCUT2D eigenvalue weighted by atomic mass is 35.5. The number of benzene rings is 2. The molecule has 0 atom stereocenters. The summed E-state index contributed by atoms with van der Waals surface area (Å²) in [6.45, 7) is 4.80. The number of anilines is 1. The molecular formula is C25H25ClN4O. The summed E-state index contributed by atoms with van der Waals surface area (Å²) in [7, 11) is 0. The van der Waals surface area contributed by atoms with Gasteiger partial charge in [-0.1, -0.05) is 55.3 Å². The molecule has 6 heteroatoms. The molecule has 2 aromatic carbocycles. The number of fused-ring (bicyclic) bond motifs is 1. The first kappa shape index (κ1) is 21.1. The van der Waals surface area contributed by atoms with Crippen LogP contribution in [0.15, 0.2) is 60.8 Å². The lowest BCUT2D eigenvalue weighted by Crippen LogP contribution is -2.13. The third kappa shape index (κ3) is 4.62. The van der Waals surface area contributed by atoms with Crippen LogP contribution in [0.25, 0.3) is 11.2 Å². The first-order valence-corrected chi connectivity index (χ1v) is 10.9. The number of unbranched alkanes of at least 4 members (excludes halogenated alkanes) is 1. The van der Waals surface area contributed by atoms with E-state index in [1.165, 1.54) is 0 Å². The minimum atomic E-state index is -0.158. The highest BCUT2D eigenvalue weighted by molar-refractivity contribution is 6.30. The van der Waals surface area contributed by atoms with E-state index >= 15 is 0 Å². The lowest BCUT2D eigenvalue weighted by atomic mass is 10.2. The second-order valence-corrected chi connectivity index (χ2v) is 8.07. The van der Waals surface area contributed by atoms with Gasteiger partial charge in [-0.15, -0.1) is 0 Å². The number of hydrogen-bond donors (Lipinski definition) is 1. The van der Waals surface area contributed by atoms with Crippen LogP contribution >= 0.6 is 11.6 Å². The minimum absolute atomic E-state index is 0.158. The molecule has 4 aromatic rings. The van der Waals surface area contributed by atoms with Crippen molar-refractivity contribution < 1.29 is 4.79 Å². The van der Waals surface area contributed by atoms with E-state index in [-0.39, 0.29) is 5.91 Å². The molecule has 2 aromatic heterocycles. The minimum Gasteiger partial charge on any atom is -0.320 e. The van der Waals surface area contributed by atoms with Crippen molar-refractivity contribution in [2.45, 2.75) is 39.7 Å². The number of aromatic nitrogens is 3. The molecule has 0 spiro atoms. The monoisotopic (exact) mass is 432 g/mol. The molecule has 2 heterocycles. The van der Waals surface area contributed by atoms with Crippen molar-refractivity contribution in [3.05, 3.63) is 88.3 Å². The largest absolute Gasteiger partial charge is 0.320 e. The molecule has 4 rings (SSSR count). The summed E-state index contributed by atoms with van der Waals surface area (Å²) in [5.74, 6) is 0.841. The molecule has 0 radical (unpaired) electrons. The Morgan fingerprint density at radius 1 is 1.13 bits per heavy atom. The summed E-state index contributed by atoms with van der Waals surface area (Å²) in [6.07, 6.45) is 4.73. The molecule has 0 saturated heterocycles. The van der Waals surface area contributed by atoms with Gasteiger partial charge in [0.05, 0.1) is 18.4 Å². The topological polar surface area (TPSA) is 59.8 Å². The molecule has 1 amide bonds. The molecule has 1 N–H and O–H groups in total. The lowest BCUT2D eigenvalue weighted by molar-refractivity contribution is 0.102. The summed E-state index contributed by atoms with van der Waals surface area (Å²) in [5, 5.41) is 3.69. The molecule has 0 aliphatic carbocycles. The van der Waals surface area contributed by atoms with Crippen LogP contribution < -0.4 is 5.32 Å². The number of hydrogen-bond acceptors (Lipinski definition) is 3. The fraction of sp³-hybridized carbons (Fsp3) is 0.240. The van der Waals surface area contributed by atoms with Gasteiger partial charge in [0.1, 0.15) is 11.3 Å². The molecule has 0 aliphatic heterocycles. The lowest BCUT2D eigenvalue weighted by Gasteiger charge is -2.11. The summed E-state index contributed by atoms with van der Waals surface area (Å²) in [6, 6.07) is 17.0. The van der Waals surface area contributed by atoms with Gasteiger partial charge in [-0.05, 0) is 43.2 Å². The zero-order valence-electron chi connectivity index (χ0n) is 17.7. The number of nitrogens with one attached hydrogen (secondary N) is 1. The first-order valence-electron chi connectivity index (χ1n) is 10.5. The van der Waals surface area contributed by atoms with E-state index in [9.17, 15) is 4.79 Å². The Labute approximate surface area is 187 Å². The van der Waals surface area contributed by atoms with E-state index in [4.69, 9.17) is 16.6 Å². The SMILES string of the molecule is CCCCc1nc2c(C)c(NC(=O)c3ccccc3)cnc2n1Cc1cccc(Cl)c1. The van der Waals surface area contributed by atoms with E-state index in [2.05, 4.69) is 27.9 Å². The van der Waals surface area contributed by atoms with Crippen molar-refractivity contribution in [1.29, 1.82) is 0 Å². The number of halogens is 1. The fourth-order valence-electron chi connectivity index (χ4n) is 3.64. The summed E-state index contributed by atoms with van der Waals surface area (Å²) in [5.41, 5.74) is 4.94. The number of aryl methyl sites for hydroxylation is 2. The maximum atomic E-state index is 12.6. The number of carbonyl (C=O) groups is 1. The quantitative estimate of drug-likeness (QED) is 0.387. The van der Waals surface area contributed by atoms with Gasteiger partial charge < -0.3 is 9.88 Å². The molecular weight excluding hydrogens is 408 g/mol. The summed E-state index contributed by atoms with van der Waals surface area (Å²) >= 11 is 6.19. The molecule has 0 aliphatic rings. The van der Waals surface area contributed by atoms with E-state index in [1.807, 2.05) is 43.3 Å². The summed E-state index contributed by atoms with van der Waals surface area (Å²) < 4.78 is 2.16. The number of imidazole rings is 1. The number of rotatable bonds is 7. The third-order valence-electron chi connectivity index (χ3n) is 5.36. The summed E-state index contributed by atoms with van der Waals surface area (Å²) in [4.78, 5) is 22.2. The van der Waals surface area contributed by atoms with Crippen LogP contribution in [-0.2, 0) is 13.0 Å². The predicted octanol–water partition coefficient (Wildman–Crippen LogP) is 6.04. The van der Waals surface area contributed by atoms with Crippen LogP contribution in [-0.4, -0.2) is 20.4 Å². The van der Waals surface area contributed by atoms with Crippen LogP contribution in [0.4, 0.5) is 5.69 Å². The Bertz CT molecular complexity index is 1220. The van der Waals surface area contributed by atoms with E-state index in [1.54, 1.807) is 18.3 Å². The van der Waals surface area contributed by atoms with Gasteiger partial charge >= 0.3 is 0 Å². The molecule has 0 bridgehead atoms. The average molecular weight is 433 g/mol. The Hall–Kier alpha value is -3.18. The van der Waals surface area contributed by atoms with Crippen molar-refractivity contribution in [3.8, 4) is 0 Å². The standard InChI is InChI=1S/C25H25ClN4O/c1-3-4-13-22-29-23-17(2)21(28-25(31)19-10-6-5-7-11-19)15-27-24(23)30(22)16-18-9-8-12-20(26)14-18/h5-12,14-15H,3-4,13,16H2,1-2H3,(H,28,31). The predicted molar refractivity (Wildman–Crippen MR) is 126 cm³/mol. The van der Waals surface area contributed by atoms with Crippen LogP contribution in [0.1, 0.15) is 47.1 Å². The number of pyridine rings is 1. The maximum absolute atomic E-state index is 12.6. The second kappa shape index (κ2) is 9.31. The number of nitrogens with zero attached hydrogens (tertiary/aromatic N) is 3. The first-order chi connectivity index (χ1) is 15.1.